The van der Waals surface area contributed by atoms with Crippen LogP contribution in [0, 0.1) is 0 Å². The average Bonchev–Trinajstić information content (AvgIpc) is 2.27. The van der Waals surface area contributed by atoms with Crippen molar-refractivity contribution >= 4 is 16.1 Å². The van der Waals surface area contributed by atoms with Crippen molar-refractivity contribution in [3.8, 4) is 0 Å². The van der Waals surface area contributed by atoms with Gasteiger partial charge in [-0.05, 0) is 19.1 Å². The quantitative estimate of drug-likeness (QED) is 0.927. The number of halogens is 3. The predicted molar refractivity (Wildman–Crippen MR) is 58.8 cm³/mol. The standard InChI is InChI=1S/C10H10F3NO4S/c1-2-18-9(15)14-19(16,17)8-6-4-3-5-7(8)10(11,12)13/h3-6H,2H2,1H3,(H,14,15). The number of hydrogen-bond donors (Lipinski definition) is 1. The van der Waals surface area contributed by atoms with Crippen molar-refractivity contribution < 1.29 is 31.1 Å². The van der Waals surface area contributed by atoms with Gasteiger partial charge in [-0.3, -0.25) is 0 Å². The summed E-state index contributed by atoms with van der Waals surface area (Å²) in [6.45, 7) is 1.32. The third-order valence-electron chi connectivity index (χ3n) is 1.98. The van der Waals surface area contributed by atoms with Gasteiger partial charge in [0.05, 0.1) is 17.1 Å². The van der Waals surface area contributed by atoms with E-state index in [1.54, 1.807) is 0 Å². The molecule has 1 N–H and O–H groups in total. The molecule has 0 aliphatic heterocycles. The number of nitrogens with one attached hydrogen (secondary N) is 1. The fourth-order valence-electron chi connectivity index (χ4n) is 1.26. The number of amides is 1. The van der Waals surface area contributed by atoms with Crippen molar-refractivity contribution in [3.63, 3.8) is 0 Å². The summed E-state index contributed by atoms with van der Waals surface area (Å²) in [4.78, 5) is 9.97. The van der Waals surface area contributed by atoms with E-state index in [0.717, 1.165) is 18.2 Å². The molecule has 0 atom stereocenters. The molecule has 0 bridgehead atoms. The Hall–Kier alpha value is -1.77. The Morgan fingerprint density at radius 2 is 1.89 bits per heavy atom. The van der Waals surface area contributed by atoms with E-state index in [-0.39, 0.29) is 6.61 Å². The molecular weight excluding hydrogens is 287 g/mol. The van der Waals surface area contributed by atoms with E-state index in [1.807, 2.05) is 0 Å². The lowest BCUT2D eigenvalue weighted by Gasteiger charge is -2.13. The molecule has 0 saturated heterocycles. The van der Waals surface area contributed by atoms with Crippen molar-refractivity contribution in [1.29, 1.82) is 0 Å². The van der Waals surface area contributed by atoms with Crippen LogP contribution in [-0.2, 0) is 20.9 Å². The fourth-order valence-corrected chi connectivity index (χ4v) is 2.38. The van der Waals surface area contributed by atoms with E-state index in [1.165, 1.54) is 11.6 Å². The molecule has 1 amide bonds. The number of benzene rings is 1. The van der Waals surface area contributed by atoms with Gasteiger partial charge in [-0.1, -0.05) is 12.1 Å². The number of carbonyl (C=O) groups is 1. The topological polar surface area (TPSA) is 72.5 Å². The zero-order chi connectivity index (χ0) is 14.7. The third kappa shape index (κ3) is 3.85. The Balaban J connectivity index is 3.19. The first-order chi connectivity index (χ1) is 8.68. The average molecular weight is 297 g/mol. The molecule has 0 saturated carbocycles. The Morgan fingerprint density at radius 1 is 1.32 bits per heavy atom. The minimum atomic E-state index is -4.85. The molecule has 0 aromatic heterocycles. The van der Waals surface area contributed by atoms with Gasteiger partial charge in [-0.2, -0.15) is 13.2 Å². The number of sulfonamides is 1. The molecule has 1 aromatic rings. The fraction of sp³-hybridized carbons (Fsp3) is 0.300. The molecule has 9 heteroatoms. The second-order valence-corrected chi connectivity index (χ2v) is 4.97. The van der Waals surface area contributed by atoms with Crippen molar-refractivity contribution in [3.05, 3.63) is 29.8 Å². The summed E-state index contributed by atoms with van der Waals surface area (Å²) in [7, 11) is -4.64. The summed E-state index contributed by atoms with van der Waals surface area (Å²) in [5.41, 5.74) is -1.35. The Labute approximate surface area is 107 Å². The first-order valence-corrected chi connectivity index (χ1v) is 6.52. The van der Waals surface area contributed by atoms with Crippen LogP contribution in [-0.4, -0.2) is 21.1 Å². The summed E-state index contributed by atoms with van der Waals surface area (Å²) < 4.78 is 67.0. The minimum Gasteiger partial charge on any atom is -0.449 e. The highest BCUT2D eigenvalue weighted by molar-refractivity contribution is 7.90. The van der Waals surface area contributed by atoms with Gasteiger partial charge in [0.15, 0.2) is 0 Å². The molecular formula is C10H10F3NO4S. The number of rotatable bonds is 3. The van der Waals surface area contributed by atoms with Gasteiger partial charge < -0.3 is 4.74 Å². The van der Waals surface area contributed by atoms with Crippen molar-refractivity contribution in [2.45, 2.75) is 18.0 Å². The van der Waals surface area contributed by atoms with Crippen LogP contribution >= 0.6 is 0 Å². The van der Waals surface area contributed by atoms with E-state index in [2.05, 4.69) is 4.74 Å². The van der Waals surface area contributed by atoms with Crippen LogP contribution in [0.4, 0.5) is 18.0 Å². The van der Waals surface area contributed by atoms with Gasteiger partial charge >= 0.3 is 12.3 Å². The maximum Gasteiger partial charge on any atom is 0.421 e. The van der Waals surface area contributed by atoms with Crippen molar-refractivity contribution in [1.82, 2.24) is 4.72 Å². The molecule has 0 unspecified atom stereocenters. The van der Waals surface area contributed by atoms with E-state index in [4.69, 9.17) is 0 Å². The lowest BCUT2D eigenvalue weighted by molar-refractivity contribution is -0.139. The van der Waals surface area contributed by atoms with Crippen LogP contribution in [0.15, 0.2) is 29.2 Å². The van der Waals surface area contributed by atoms with Crippen LogP contribution in [0.1, 0.15) is 12.5 Å². The molecule has 0 radical (unpaired) electrons. The van der Waals surface area contributed by atoms with Crippen LogP contribution in [0.5, 0.6) is 0 Å². The monoisotopic (exact) mass is 297 g/mol. The SMILES string of the molecule is CCOC(=O)NS(=O)(=O)c1ccccc1C(F)(F)F. The molecule has 5 nitrogen and oxygen atoms in total. The van der Waals surface area contributed by atoms with Crippen LogP contribution in [0.3, 0.4) is 0 Å². The first-order valence-electron chi connectivity index (χ1n) is 5.04. The molecule has 0 heterocycles. The third-order valence-corrected chi connectivity index (χ3v) is 3.35. The van der Waals surface area contributed by atoms with Crippen LogP contribution < -0.4 is 4.72 Å². The Bertz CT molecular complexity index is 568. The highest BCUT2D eigenvalue weighted by atomic mass is 32.2. The van der Waals surface area contributed by atoms with E-state index in [9.17, 15) is 26.4 Å². The summed E-state index contributed by atoms with van der Waals surface area (Å²) in [6, 6.07) is 3.53. The van der Waals surface area contributed by atoms with Gasteiger partial charge in [-0.25, -0.2) is 17.9 Å². The Kier molecular flexibility index (Phi) is 4.40. The van der Waals surface area contributed by atoms with E-state index < -0.39 is 32.8 Å². The summed E-state index contributed by atoms with van der Waals surface area (Å²) in [5.74, 6) is 0. The summed E-state index contributed by atoms with van der Waals surface area (Å²) in [6.07, 6.45) is -6.18. The van der Waals surface area contributed by atoms with Crippen molar-refractivity contribution in [2.24, 2.45) is 0 Å². The van der Waals surface area contributed by atoms with Gasteiger partial charge in [0.2, 0.25) is 0 Å². The maximum atomic E-state index is 12.7. The maximum absolute atomic E-state index is 12.7. The number of ether oxygens (including phenoxy) is 1. The highest BCUT2D eigenvalue weighted by Gasteiger charge is 2.37. The zero-order valence-electron chi connectivity index (χ0n) is 9.69. The largest absolute Gasteiger partial charge is 0.449 e. The smallest absolute Gasteiger partial charge is 0.421 e. The normalized spacial score (nSPS) is 12.0. The molecule has 0 aliphatic carbocycles. The predicted octanol–water partition coefficient (Wildman–Crippen LogP) is 2.14. The molecule has 0 aliphatic rings. The van der Waals surface area contributed by atoms with Crippen LogP contribution in [0.2, 0.25) is 0 Å². The molecule has 106 valence electrons. The zero-order valence-corrected chi connectivity index (χ0v) is 10.5. The second-order valence-electron chi connectivity index (χ2n) is 3.32. The number of alkyl halides is 3. The molecule has 19 heavy (non-hydrogen) atoms. The second kappa shape index (κ2) is 5.47. The van der Waals surface area contributed by atoms with Crippen molar-refractivity contribution in [2.75, 3.05) is 6.61 Å². The first kappa shape index (κ1) is 15.3. The minimum absolute atomic E-state index is 0.109. The van der Waals surface area contributed by atoms with Gasteiger partial charge in [0.1, 0.15) is 0 Å². The summed E-state index contributed by atoms with van der Waals surface area (Å²) >= 11 is 0. The Morgan fingerprint density at radius 3 is 2.42 bits per heavy atom. The molecule has 1 aromatic carbocycles. The van der Waals surface area contributed by atoms with Gasteiger partial charge in [0.25, 0.3) is 10.0 Å². The van der Waals surface area contributed by atoms with E-state index >= 15 is 0 Å². The molecule has 1 rings (SSSR count). The molecule has 0 fully saturated rings. The summed E-state index contributed by atoms with van der Waals surface area (Å²) in [5, 5.41) is 0. The van der Waals surface area contributed by atoms with Gasteiger partial charge in [0, 0.05) is 0 Å². The number of hydrogen-bond acceptors (Lipinski definition) is 4. The van der Waals surface area contributed by atoms with Gasteiger partial charge in [-0.15, -0.1) is 0 Å². The highest BCUT2D eigenvalue weighted by Crippen LogP contribution is 2.33. The van der Waals surface area contributed by atoms with E-state index in [0.29, 0.717) is 6.07 Å². The molecule has 0 spiro atoms. The van der Waals surface area contributed by atoms with Crippen LogP contribution in [0.25, 0.3) is 0 Å². The lowest BCUT2D eigenvalue weighted by atomic mass is 10.2. The number of carbonyl (C=O) groups excluding carboxylic acids is 1. The lowest BCUT2D eigenvalue weighted by Crippen LogP contribution is -2.32.